The summed E-state index contributed by atoms with van der Waals surface area (Å²) in [5.41, 5.74) is 2.88. The number of carboxylic acids is 1. The summed E-state index contributed by atoms with van der Waals surface area (Å²) in [5.74, 6) is 0.348. The monoisotopic (exact) mass is 468 g/mol. The van der Waals surface area contributed by atoms with E-state index in [4.69, 9.17) is 14.6 Å². The summed E-state index contributed by atoms with van der Waals surface area (Å²) in [4.78, 5) is 15.3. The van der Waals surface area contributed by atoms with Gasteiger partial charge in [-0.2, -0.15) is 0 Å². The Balaban J connectivity index is 0.000000999. The second-order valence-electron chi connectivity index (χ2n) is 8.81. The quantitative estimate of drug-likeness (QED) is 0.396. The average molecular weight is 469 g/mol. The number of carbonyl (C=O) groups is 1. The summed E-state index contributed by atoms with van der Waals surface area (Å²) in [6.07, 6.45) is 7.32. The third kappa shape index (κ3) is 7.61. The number of aliphatic carboxylic acids is 1. The van der Waals surface area contributed by atoms with Gasteiger partial charge in [0.1, 0.15) is 23.9 Å². The summed E-state index contributed by atoms with van der Waals surface area (Å²) in [6.45, 7) is 4.41. The molecule has 0 unspecified atom stereocenters. The molecule has 0 aliphatic heterocycles. The van der Waals surface area contributed by atoms with Gasteiger partial charge < -0.3 is 14.6 Å². The Labute approximate surface area is 200 Å². The van der Waals surface area contributed by atoms with Gasteiger partial charge in [0.25, 0.3) is 0 Å². The normalized spacial score (nSPS) is 12.1. The third-order valence-electron chi connectivity index (χ3n) is 5.22. The first-order valence-corrected chi connectivity index (χ1v) is 11.7. The van der Waals surface area contributed by atoms with E-state index in [1.807, 2.05) is 24.3 Å². The molecule has 1 saturated carbocycles. The van der Waals surface area contributed by atoms with E-state index in [2.05, 4.69) is 18.8 Å². The van der Waals surface area contributed by atoms with Gasteiger partial charge in [-0.05, 0) is 48.6 Å². The van der Waals surface area contributed by atoms with Crippen LogP contribution in [-0.2, 0) is 24.2 Å². The minimum Gasteiger partial charge on any atom is -0.497 e. The number of imidazole rings is 1. The lowest BCUT2D eigenvalue weighted by atomic mass is 10.1. The topological polar surface area (TPSA) is 73.6 Å². The van der Waals surface area contributed by atoms with Gasteiger partial charge >= 0.3 is 5.97 Å². The molecule has 1 fully saturated rings. The Morgan fingerprint density at radius 1 is 1.15 bits per heavy atom. The number of rotatable bonds is 10. The minimum absolute atomic E-state index is 0.0680. The van der Waals surface area contributed by atoms with Crippen molar-refractivity contribution >= 4 is 5.97 Å². The van der Waals surface area contributed by atoms with E-state index in [0.29, 0.717) is 35.9 Å². The molecule has 1 aliphatic carbocycles. The molecule has 182 valence electrons. The summed E-state index contributed by atoms with van der Waals surface area (Å²) >= 11 is 0. The number of carboxylic acid groups (broad SMARTS) is 1. The number of aryl methyl sites for hydroxylation is 1. The molecule has 7 heteroatoms. The van der Waals surface area contributed by atoms with Crippen LogP contribution in [0.15, 0.2) is 48.8 Å². The number of ether oxygens (including phenoxy) is 2. The summed E-state index contributed by atoms with van der Waals surface area (Å²) in [5, 5.41) is 8.87. The van der Waals surface area contributed by atoms with Crippen LogP contribution in [0.1, 0.15) is 56.5 Å². The first-order valence-electron chi connectivity index (χ1n) is 11.7. The first-order chi connectivity index (χ1) is 16.4. The van der Waals surface area contributed by atoms with Crippen LogP contribution >= 0.6 is 0 Å². The van der Waals surface area contributed by atoms with Crippen LogP contribution in [0.5, 0.6) is 11.5 Å². The number of halogens is 1. The molecule has 3 aromatic rings. The maximum atomic E-state index is 14.6. The molecule has 1 N–H and O–H groups in total. The molecule has 0 amide bonds. The standard InChI is InChI=1S/C24H27FN2O4.C3H6/c1-16(2)11-23-21(14-31-19-6-4-5-17(12-19)7-10-24(28)29)26-15-27(23)22-13-18(30-3)8-9-20(22)25;1-2-3-1/h4-6,8-9,12-13,15-16H,7,10-11,14H2,1-3H3,(H,28,29);1-3H2. The Morgan fingerprint density at radius 3 is 2.56 bits per heavy atom. The molecular weight excluding hydrogens is 435 g/mol. The summed E-state index contributed by atoms with van der Waals surface area (Å²) in [7, 11) is 1.55. The van der Waals surface area contributed by atoms with Gasteiger partial charge in [0.05, 0.1) is 24.8 Å². The minimum atomic E-state index is -0.833. The van der Waals surface area contributed by atoms with Crippen molar-refractivity contribution in [2.45, 2.75) is 59.0 Å². The van der Waals surface area contributed by atoms with Crippen LogP contribution in [0.3, 0.4) is 0 Å². The number of nitrogens with zero attached hydrogens (tertiary/aromatic N) is 2. The second kappa shape index (κ2) is 12.2. The Kier molecular flexibility index (Phi) is 9.08. The lowest BCUT2D eigenvalue weighted by Crippen LogP contribution is -2.09. The molecule has 34 heavy (non-hydrogen) atoms. The molecule has 1 heterocycles. The van der Waals surface area contributed by atoms with Gasteiger partial charge in [-0.1, -0.05) is 45.2 Å². The average Bonchev–Trinajstić information content (AvgIpc) is 3.65. The zero-order valence-corrected chi connectivity index (χ0v) is 20.1. The zero-order valence-electron chi connectivity index (χ0n) is 20.1. The molecule has 6 nitrogen and oxygen atoms in total. The molecule has 0 saturated heterocycles. The van der Waals surface area contributed by atoms with Gasteiger partial charge in [0, 0.05) is 18.2 Å². The molecule has 0 spiro atoms. The maximum absolute atomic E-state index is 14.6. The van der Waals surface area contributed by atoms with Gasteiger partial charge in [-0.15, -0.1) is 0 Å². The predicted octanol–water partition coefficient (Wildman–Crippen LogP) is 5.99. The van der Waals surface area contributed by atoms with Gasteiger partial charge in [-0.3, -0.25) is 9.36 Å². The van der Waals surface area contributed by atoms with Crippen LogP contribution in [0.25, 0.3) is 5.69 Å². The molecular formula is C27H33FN2O4. The molecule has 4 rings (SSSR count). The number of benzene rings is 2. The van der Waals surface area contributed by atoms with Crippen molar-refractivity contribution in [3.05, 3.63) is 71.6 Å². The maximum Gasteiger partial charge on any atom is 0.303 e. The smallest absolute Gasteiger partial charge is 0.303 e. The molecule has 1 aliphatic rings. The van der Waals surface area contributed by atoms with Crippen molar-refractivity contribution in [3.63, 3.8) is 0 Å². The van der Waals surface area contributed by atoms with Crippen molar-refractivity contribution in [2.24, 2.45) is 5.92 Å². The highest BCUT2D eigenvalue weighted by molar-refractivity contribution is 5.67. The van der Waals surface area contributed by atoms with E-state index in [0.717, 1.165) is 17.0 Å². The Hall–Kier alpha value is -3.35. The number of hydrogen-bond donors (Lipinski definition) is 1. The van der Waals surface area contributed by atoms with Crippen LogP contribution in [0.4, 0.5) is 4.39 Å². The fourth-order valence-electron chi connectivity index (χ4n) is 3.34. The third-order valence-corrected chi connectivity index (χ3v) is 5.22. The number of methoxy groups -OCH3 is 1. The van der Waals surface area contributed by atoms with E-state index >= 15 is 0 Å². The summed E-state index contributed by atoms with van der Waals surface area (Å²) in [6, 6.07) is 12.0. The SMILES string of the molecule is C1CC1.COc1ccc(F)c(-n2cnc(COc3cccc(CCC(=O)O)c3)c2CC(C)C)c1. The van der Waals surface area contributed by atoms with E-state index in [1.54, 1.807) is 30.1 Å². The number of aromatic nitrogens is 2. The first kappa shape index (κ1) is 25.3. The Bertz CT molecular complexity index is 1090. The molecule has 2 aromatic carbocycles. The second-order valence-corrected chi connectivity index (χ2v) is 8.81. The predicted molar refractivity (Wildman–Crippen MR) is 129 cm³/mol. The summed E-state index contributed by atoms with van der Waals surface area (Å²) < 4.78 is 27.5. The molecule has 0 atom stereocenters. The van der Waals surface area contributed by atoms with Crippen molar-refractivity contribution in [3.8, 4) is 17.2 Å². The van der Waals surface area contributed by atoms with Crippen molar-refractivity contribution < 1.29 is 23.8 Å². The lowest BCUT2D eigenvalue weighted by Gasteiger charge is -2.14. The highest BCUT2D eigenvalue weighted by Crippen LogP contribution is 2.25. The fraction of sp³-hybridized carbons (Fsp3) is 0.407. The van der Waals surface area contributed by atoms with Crippen LogP contribution in [0, 0.1) is 11.7 Å². The highest BCUT2D eigenvalue weighted by Gasteiger charge is 2.17. The van der Waals surface area contributed by atoms with Crippen LogP contribution < -0.4 is 9.47 Å². The van der Waals surface area contributed by atoms with Crippen LogP contribution in [0.2, 0.25) is 0 Å². The van der Waals surface area contributed by atoms with Crippen LogP contribution in [-0.4, -0.2) is 27.7 Å². The zero-order chi connectivity index (χ0) is 24.5. The molecule has 0 radical (unpaired) electrons. The van der Waals surface area contributed by atoms with Crippen molar-refractivity contribution in [1.82, 2.24) is 9.55 Å². The molecule has 0 bridgehead atoms. The van der Waals surface area contributed by atoms with Crippen molar-refractivity contribution in [2.75, 3.05) is 7.11 Å². The van der Waals surface area contributed by atoms with Gasteiger partial charge in [-0.25, -0.2) is 9.37 Å². The van der Waals surface area contributed by atoms with E-state index in [1.165, 1.54) is 25.3 Å². The lowest BCUT2D eigenvalue weighted by molar-refractivity contribution is -0.136. The van der Waals surface area contributed by atoms with E-state index in [9.17, 15) is 9.18 Å². The van der Waals surface area contributed by atoms with Gasteiger partial charge in [0.2, 0.25) is 0 Å². The Morgan fingerprint density at radius 2 is 1.91 bits per heavy atom. The van der Waals surface area contributed by atoms with E-state index < -0.39 is 5.97 Å². The highest BCUT2D eigenvalue weighted by atomic mass is 19.1. The largest absolute Gasteiger partial charge is 0.497 e. The fourth-order valence-corrected chi connectivity index (χ4v) is 3.34. The van der Waals surface area contributed by atoms with Gasteiger partial charge in [0.15, 0.2) is 0 Å². The number of hydrogen-bond acceptors (Lipinski definition) is 4. The van der Waals surface area contributed by atoms with E-state index in [-0.39, 0.29) is 18.8 Å². The molecule has 1 aromatic heterocycles. The van der Waals surface area contributed by atoms with Crippen molar-refractivity contribution in [1.29, 1.82) is 0 Å².